The first kappa shape index (κ1) is 20.5. The number of nitrogens with zero attached hydrogens (tertiary/aromatic N) is 2. The zero-order chi connectivity index (χ0) is 20.1. The molecular weight excluding hydrogens is 354 g/mol. The van der Waals surface area contributed by atoms with Crippen LogP contribution in [0.3, 0.4) is 0 Å². The summed E-state index contributed by atoms with van der Waals surface area (Å²) in [5, 5.41) is 5.41. The lowest BCUT2D eigenvalue weighted by Crippen LogP contribution is -2.52. The lowest BCUT2D eigenvalue weighted by molar-refractivity contribution is -0.120. The van der Waals surface area contributed by atoms with Gasteiger partial charge in [0, 0.05) is 43.0 Å². The van der Waals surface area contributed by atoms with Gasteiger partial charge in [0.2, 0.25) is 5.91 Å². The molecule has 0 atom stereocenters. The maximum Gasteiger partial charge on any atom is 0.253 e. The first-order chi connectivity index (χ1) is 13.4. The highest BCUT2D eigenvalue weighted by Crippen LogP contribution is 2.28. The van der Waals surface area contributed by atoms with Crippen LogP contribution in [0.1, 0.15) is 43.5 Å². The Morgan fingerprint density at radius 3 is 2.57 bits per heavy atom. The minimum absolute atomic E-state index is 0.0436. The van der Waals surface area contributed by atoms with Crippen molar-refractivity contribution in [3.05, 3.63) is 23.8 Å². The second-order valence-corrected chi connectivity index (χ2v) is 8.31. The summed E-state index contributed by atoms with van der Waals surface area (Å²) in [7, 11) is 0. The zero-order valence-electron chi connectivity index (χ0n) is 17.0. The van der Waals surface area contributed by atoms with Gasteiger partial charge in [-0.2, -0.15) is 0 Å². The molecule has 0 saturated carbocycles. The standard InChI is InChI=1S/C21H33N5O2/c1-15(2)24-20(27)11-23-21(28)18-10-17(6-7-19(18)22)26-13-16(14-26)12-25-8-4-3-5-9-25/h6-7,10,15-16H,3-5,8-9,11-14,22H2,1-2H3,(H,23,28)(H,24,27). The molecule has 154 valence electrons. The molecule has 1 aromatic carbocycles. The molecule has 2 amide bonds. The number of nitrogen functional groups attached to an aromatic ring is 1. The van der Waals surface area contributed by atoms with Crippen molar-refractivity contribution in [1.29, 1.82) is 0 Å². The minimum atomic E-state index is -0.316. The van der Waals surface area contributed by atoms with Crippen molar-refractivity contribution in [3.63, 3.8) is 0 Å². The van der Waals surface area contributed by atoms with Gasteiger partial charge >= 0.3 is 0 Å². The molecule has 0 unspecified atom stereocenters. The Kier molecular flexibility index (Phi) is 6.78. The molecular formula is C21H33N5O2. The number of hydrogen-bond donors (Lipinski definition) is 3. The van der Waals surface area contributed by atoms with Crippen molar-refractivity contribution in [1.82, 2.24) is 15.5 Å². The highest BCUT2D eigenvalue weighted by Gasteiger charge is 2.29. The van der Waals surface area contributed by atoms with Crippen molar-refractivity contribution < 1.29 is 9.59 Å². The van der Waals surface area contributed by atoms with E-state index in [1.54, 1.807) is 6.07 Å². The maximum atomic E-state index is 12.5. The number of nitrogens with one attached hydrogen (secondary N) is 2. The summed E-state index contributed by atoms with van der Waals surface area (Å²) in [6.45, 7) is 9.36. The third-order valence-electron chi connectivity index (χ3n) is 5.43. The van der Waals surface area contributed by atoms with Crippen molar-refractivity contribution in [2.75, 3.05) is 49.9 Å². The fraction of sp³-hybridized carbons (Fsp3) is 0.619. The third-order valence-corrected chi connectivity index (χ3v) is 5.43. The van der Waals surface area contributed by atoms with E-state index < -0.39 is 0 Å². The van der Waals surface area contributed by atoms with E-state index in [2.05, 4.69) is 20.4 Å². The van der Waals surface area contributed by atoms with Gasteiger partial charge in [0.25, 0.3) is 5.91 Å². The molecule has 0 aromatic heterocycles. The van der Waals surface area contributed by atoms with Crippen LogP contribution >= 0.6 is 0 Å². The largest absolute Gasteiger partial charge is 0.398 e. The Morgan fingerprint density at radius 1 is 1.18 bits per heavy atom. The summed E-state index contributed by atoms with van der Waals surface area (Å²) in [6.07, 6.45) is 4.01. The first-order valence-electron chi connectivity index (χ1n) is 10.4. The predicted molar refractivity (Wildman–Crippen MR) is 112 cm³/mol. The summed E-state index contributed by atoms with van der Waals surface area (Å²) < 4.78 is 0. The second-order valence-electron chi connectivity index (χ2n) is 8.31. The summed E-state index contributed by atoms with van der Waals surface area (Å²) >= 11 is 0. The topological polar surface area (TPSA) is 90.7 Å². The lowest BCUT2D eigenvalue weighted by atomic mass is 9.96. The van der Waals surface area contributed by atoms with Crippen molar-refractivity contribution in [3.8, 4) is 0 Å². The zero-order valence-corrected chi connectivity index (χ0v) is 17.0. The number of carbonyl (C=O) groups is 2. The van der Waals surface area contributed by atoms with Gasteiger partial charge in [0.15, 0.2) is 0 Å². The van der Waals surface area contributed by atoms with Crippen LogP contribution in [0, 0.1) is 5.92 Å². The average molecular weight is 388 g/mol. The van der Waals surface area contributed by atoms with Crippen LogP contribution in [0.15, 0.2) is 18.2 Å². The quantitative estimate of drug-likeness (QED) is 0.616. The molecule has 2 heterocycles. The summed E-state index contributed by atoms with van der Waals surface area (Å²) in [5.74, 6) is 0.165. The Balaban J connectivity index is 1.52. The molecule has 0 aliphatic carbocycles. The molecule has 2 fully saturated rings. The van der Waals surface area contributed by atoms with Crippen molar-refractivity contribution in [2.45, 2.75) is 39.2 Å². The van der Waals surface area contributed by atoms with Crippen LogP contribution in [0.4, 0.5) is 11.4 Å². The number of hydrogen-bond acceptors (Lipinski definition) is 5. The number of carbonyl (C=O) groups excluding carboxylic acids is 2. The summed E-state index contributed by atoms with van der Waals surface area (Å²) in [6, 6.07) is 5.62. The number of nitrogens with two attached hydrogens (primary N) is 1. The first-order valence-corrected chi connectivity index (χ1v) is 10.4. The fourth-order valence-electron chi connectivity index (χ4n) is 3.97. The van der Waals surface area contributed by atoms with Gasteiger partial charge in [-0.05, 0) is 58.0 Å². The molecule has 3 rings (SSSR count). The molecule has 7 nitrogen and oxygen atoms in total. The smallest absolute Gasteiger partial charge is 0.253 e. The fourth-order valence-corrected chi connectivity index (χ4v) is 3.97. The van der Waals surface area contributed by atoms with Crippen molar-refractivity contribution >= 4 is 23.2 Å². The van der Waals surface area contributed by atoms with Gasteiger partial charge in [-0.25, -0.2) is 0 Å². The minimum Gasteiger partial charge on any atom is -0.398 e. The number of rotatable bonds is 7. The maximum absolute atomic E-state index is 12.5. The van der Waals surface area contributed by atoms with E-state index in [1.807, 2.05) is 26.0 Å². The van der Waals surface area contributed by atoms with Crippen LogP contribution in [-0.4, -0.2) is 62.0 Å². The van der Waals surface area contributed by atoms with Gasteiger partial charge in [0.1, 0.15) is 0 Å². The van der Waals surface area contributed by atoms with Gasteiger partial charge < -0.3 is 26.2 Å². The van der Waals surface area contributed by atoms with Gasteiger partial charge in [-0.3, -0.25) is 9.59 Å². The van der Waals surface area contributed by atoms with E-state index in [0.29, 0.717) is 17.2 Å². The number of anilines is 2. The molecule has 0 bridgehead atoms. The Labute approximate surface area is 167 Å². The van der Waals surface area contributed by atoms with E-state index >= 15 is 0 Å². The van der Waals surface area contributed by atoms with E-state index in [-0.39, 0.29) is 24.4 Å². The van der Waals surface area contributed by atoms with Crippen molar-refractivity contribution in [2.24, 2.45) is 5.92 Å². The molecule has 1 aromatic rings. The SMILES string of the molecule is CC(C)NC(=O)CNC(=O)c1cc(N2CC(CN3CCCCC3)C2)ccc1N. The predicted octanol–water partition coefficient (Wildman–Crippen LogP) is 1.45. The summed E-state index contributed by atoms with van der Waals surface area (Å²) in [4.78, 5) is 29.1. The monoisotopic (exact) mass is 387 g/mol. The highest BCUT2D eigenvalue weighted by atomic mass is 16.2. The van der Waals surface area contributed by atoms with Gasteiger partial charge in [0.05, 0.1) is 12.1 Å². The molecule has 2 aliphatic rings. The molecule has 4 N–H and O–H groups in total. The van der Waals surface area contributed by atoms with Crippen LogP contribution in [0.2, 0.25) is 0 Å². The number of benzene rings is 1. The average Bonchev–Trinajstić information content (AvgIpc) is 2.63. The Bertz CT molecular complexity index is 694. The molecule has 28 heavy (non-hydrogen) atoms. The van der Waals surface area contributed by atoms with Crippen LogP contribution < -0.4 is 21.3 Å². The van der Waals surface area contributed by atoms with Gasteiger partial charge in [-0.15, -0.1) is 0 Å². The number of amides is 2. The molecule has 2 saturated heterocycles. The van der Waals surface area contributed by atoms with E-state index in [0.717, 1.165) is 18.8 Å². The Hall–Kier alpha value is -2.28. The molecule has 0 radical (unpaired) electrons. The number of piperidine rings is 1. The highest BCUT2D eigenvalue weighted by molar-refractivity contribution is 6.01. The third kappa shape index (κ3) is 5.38. The molecule has 0 spiro atoms. The van der Waals surface area contributed by atoms with Gasteiger partial charge in [-0.1, -0.05) is 6.42 Å². The normalized spacial score (nSPS) is 18.0. The second kappa shape index (κ2) is 9.28. The summed E-state index contributed by atoms with van der Waals surface area (Å²) in [5.41, 5.74) is 7.87. The van der Waals surface area contributed by atoms with E-state index in [1.165, 1.54) is 38.9 Å². The van der Waals surface area contributed by atoms with Crippen LogP contribution in [0.5, 0.6) is 0 Å². The lowest BCUT2D eigenvalue weighted by Gasteiger charge is -2.44. The van der Waals surface area contributed by atoms with E-state index in [9.17, 15) is 9.59 Å². The number of likely N-dealkylation sites (tertiary alicyclic amines) is 1. The Morgan fingerprint density at radius 2 is 1.89 bits per heavy atom. The van der Waals surface area contributed by atoms with Crippen LogP contribution in [-0.2, 0) is 4.79 Å². The van der Waals surface area contributed by atoms with E-state index in [4.69, 9.17) is 5.73 Å². The van der Waals surface area contributed by atoms with Crippen LogP contribution in [0.25, 0.3) is 0 Å². The molecule has 2 aliphatic heterocycles. The molecule has 7 heteroatoms.